The molecule has 0 fully saturated rings. The molecule has 0 spiro atoms. The number of nitrogens with zero attached hydrogens (tertiary/aromatic N) is 2. The molecule has 0 aliphatic rings. The molecule has 19 heavy (non-hydrogen) atoms. The molecule has 0 unspecified atom stereocenters. The summed E-state index contributed by atoms with van der Waals surface area (Å²) < 4.78 is 0. The van der Waals surface area contributed by atoms with Crippen LogP contribution in [0.5, 0.6) is 5.75 Å². The molecular formula is C16H28N2O. The van der Waals surface area contributed by atoms with E-state index < -0.39 is 0 Å². The van der Waals surface area contributed by atoms with Crippen LogP contribution in [0.15, 0.2) is 24.3 Å². The molecule has 1 N–H and O–H groups in total. The van der Waals surface area contributed by atoms with Gasteiger partial charge in [0, 0.05) is 6.54 Å². The summed E-state index contributed by atoms with van der Waals surface area (Å²) in [6.45, 7) is 13.3. The van der Waals surface area contributed by atoms with Crippen LogP contribution in [0.2, 0.25) is 0 Å². The van der Waals surface area contributed by atoms with Crippen molar-refractivity contribution >= 4 is 0 Å². The van der Waals surface area contributed by atoms with Crippen molar-refractivity contribution in [2.45, 2.75) is 33.7 Å². The minimum Gasteiger partial charge on any atom is -0.508 e. The van der Waals surface area contributed by atoms with Crippen LogP contribution in [0, 0.1) is 0 Å². The molecule has 0 atom stereocenters. The zero-order valence-electron chi connectivity index (χ0n) is 12.6. The summed E-state index contributed by atoms with van der Waals surface area (Å²) >= 11 is 0. The van der Waals surface area contributed by atoms with Gasteiger partial charge in [0.2, 0.25) is 0 Å². The smallest absolute Gasteiger partial charge is 0.115 e. The Morgan fingerprint density at radius 3 is 1.89 bits per heavy atom. The van der Waals surface area contributed by atoms with Gasteiger partial charge in [-0.05, 0) is 56.8 Å². The van der Waals surface area contributed by atoms with Crippen LogP contribution in [-0.4, -0.2) is 47.6 Å². The number of rotatable bonds is 9. The highest BCUT2D eigenvalue weighted by Crippen LogP contribution is 2.11. The topological polar surface area (TPSA) is 26.7 Å². The first-order valence-corrected chi connectivity index (χ1v) is 7.42. The van der Waals surface area contributed by atoms with Crippen molar-refractivity contribution in [3.05, 3.63) is 29.8 Å². The van der Waals surface area contributed by atoms with E-state index in [0.29, 0.717) is 5.75 Å². The Morgan fingerprint density at radius 2 is 1.37 bits per heavy atom. The first-order valence-electron chi connectivity index (χ1n) is 7.42. The van der Waals surface area contributed by atoms with Crippen LogP contribution in [0.25, 0.3) is 0 Å². The molecule has 3 heteroatoms. The summed E-state index contributed by atoms with van der Waals surface area (Å²) in [5.41, 5.74) is 1.27. The normalized spacial score (nSPS) is 11.4. The maximum absolute atomic E-state index is 9.29. The van der Waals surface area contributed by atoms with Gasteiger partial charge in [-0.2, -0.15) is 0 Å². The number of hydrogen-bond acceptors (Lipinski definition) is 3. The van der Waals surface area contributed by atoms with Crippen molar-refractivity contribution in [2.75, 3.05) is 32.7 Å². The molecule has 0 aliphatic carbocycles. The van der Waals surface area contributed by atoms with E-state index in [4.69, 9.17) is 0 Å². The number of benzene rings is 1. The zero-order chi connectivity index (χ0) is 14.1. The van der Waals surface area contributed by atoms with Crippen molar-refractivity contribution in [2.24, 2.45) is 0 Å². The van der Waals surface area contributed by atoms with Crippen LogP contribution < -0.4 is 0 Å². The van der Waals surface area contributed by atoms with E-state index in [0.717, 1.165) is 32.7 Å². The van der Waals surface area contributed by atoms with Crippen molar-refractivity contribution in [3.8, 4) is 5.75 Å². The standard InChI is InChI=1S/C16H28N2O/c1-4-17(5-2)12-7-13-18(6-3)14-15-8-10-16(19)11-9-15/h8-11,19H,4-7,12-14H2,1-3H3. The predicted molar refractivity (Wildman–Crippen MR) is 81.5 cm³/mol. The summed E-state index contributed by atoms with van der Waals surface area (Å²) in [5.74, 6) is 0.341. The second-order valence-corrected chi connectivity index (χ2v) is 4.92. The molecule has 108 valence electrons. The van der Waals surface area contributed by atoms with Crippen LogP contribution in [0.3, 0.4) is 0 Å². The van der Waals surface area contributed by atoms with E-state index in [1.807, 2.05) is 12.1 Å². The van der Waals surface area contributed by atoms with Gasteiger partial charge in [-0.1, -0.05) is 32.9 Å². The van der Waals surface area contributed by atoms with Gasteiger partial charge in [0.1, 0.15) is 5.75 Å². The molecule has 0 aliphatic heterocycles. The summed E-state index contributed by atoms with van der Waals surface area (Å²) in [6, 6.07) is 7.53. The van der Waals surface area contributed by atoms with Crippen molar-refractivity contribution < 1.29 is 5.11 Å². The molecular weight excluding hydrogens is 236 g/mol. The lowest BCUT2D eigenvalue weighted by molar-refractivity contribution is 0.238. The molecule has 0 aromatic heterocycles. The predicted octanol–water partition coefficient (Wildman–Crippen LogP) is 2.95. The lowest BCUT2D eigenvalue weighted by atomic mass is 10.2. The zero-order valence-corrected chi connectivity index (χ0v) is 12.6. The monoisotopic (exact) mass is 264 g/mol. The van der Waals surface area contributed by atoms with Gasteiger partial charge < -0.3 is 10.0 Å². The van der Waals surface area contributed by atoms with Gasteiger partial charge in [-0.15, -0.1) is 0 Å². The second-order valence-electron chi connectivity index (χ2n) is 4.92. The molecule has 3 nitrogen and oxygen atoms in total. The Balaban J connectivity index is 2.35. The highest BCUT2D eigenvalue weighted by Gasteiger charge is 2.05. The molecule has 0 radical (unpaired) electrons. The van der Waals surface area contributed by atoms with E-state index in [-0.39, 0.29) is 0 Å². The fraction of sp³-hybridized carbons (Fsp3) is 0.625. The SMILES string of the molecule is CCN(CC)CCCN(CC)Cc1ccc(O)cc1. The van der Waals surface area contributed by atoms with Gasteiger partial charge in [0.05, 0.1) is 0 Å². The largest absolute Gasteiger partial charge is 0.508 e. The summed E-state index contributed by atoms with van der Waals surface area (Å²) in [5, 5.41) is 9.29. The van der Waals surface area contributed by atoms with Crippen molar-refractivity contribution in [1.29, 1.82) is 0 Å². The number of hydrogen-bond donors (Lipinski definition) is 1. The Kier molecular flexibility index (Phi) is 7.53. The van der Waals surface area contributed by atoms with Gasteiger partial charge in [-0.25, -0.2) is 0 Å². The van der Waals surface area contributed by atoms with Crippen LogP contribution in [-0.2, 0) is 6.54 Å². The first-order chi connectivity index (χ1) is 9.19. The lowest BCUT2D eigenvalue weighted by Gasteiger charge is -2.23. The Hall–Kier alpha value is -1.06. The van der Waals surface area contributed by atoms with E-state index >= 15 is 0 Å². The number of phenols is 1. The average Bonchev–Trinajstić information content (AvgIpc) is 2.44. The maximum Gasteiger partial charge on any atom is 0.115 e. The molecule has 1 aromatic rings. The molecule has 0 heterocycles. The molecule has 0 amide bonds. The van der Waals surface area contributed by atoms with Crippen LogP contribution >= 0.6 is 0 Å². The third-order valence-electron chi connectivity index (χ3n) is 3.63. The average molecular weight is 264 g/mol. The molecule has 0 bridgehead atoms. The summed E-state index contributed by atoms with van der Waals surface area (Å²) in [7, 11) is 0. The van der Waals surface area contributed by atoms with Gasteiger partial charge in [0.15, 0.2) is 0 Å². The molecule has 1 rings (SSSR count). The van der Waals surface area contributed by atoms with E-state index in [1.165, 1.54) is 18.5 Å². The van der Waals surface area contributed by atoms with Crippen LogP contribution in [0.4, 0.5) is 0 Å². The number of aromatic hydroxyl groups is 1. The quantitative estimate of drug-likeness (QED) is 0.743. The third kappa shape index (κ3) is 6.08. The minimum atomic E-state index is 0.341. The van der Waals surface area contributed by atoms with E-state index in [2.05, 4.69) is 30.6 Å². The van der Waals surface area contributed by atoms with Crippen molar-refractivity contribution in [3.63, 3.8) is 0 Å². The Labute approximate surface area is 117 Å². The van der Waals surface area contributed by atoms with E-state index in [9.17, 15) is 5.11 Å². The molecule has 1 aromatic carbocycles. The first kappa shape index (κ1) is 16.0. The van der Waals surface area contributed by atoms with Gasteiger partial charge >= 0.3 is 0 Å². The third-order valence-corrected chi connectivity index (χ3v) is 3.63. The van der Waals surface area contributed by atoms with Gasteiger partial charge in [0.25, 0.3) is 0 Å². The van der Waals surface area contributed by atoms with E-state index in [1.54, 1.807) is 12.1 Å². The highest BCUT2D eigenvalue weighted by molar-refractivity contribution is 5.25. The Bertz CT molecular complexity index is 333. The Morgan fingerprint density at radius 1 is 0.842 bits per heavy atom. The maximum atomic E-state index is 9.29. The lowest BCUT2D eigenvalue weighted by Crippen LogP contribution is -2.29. The molecule has 0 saturated carbocycles. The van der Waals surface area contributed by atoms with Gasteiger partial charge in [-0.3, -0.25) is 4.90 Å². The van der Waals surface area contributed by atoms with Crippen molar-refractivity contribution in [1.82, 2.24) is 9.80 Å². The second kappa shape index (κ2) is 8.94. The summed E-state index contributed by atoms with van der Waals surface area (Å²) in [6.07, 6.45) is 1.22. The summed E-state index contributed by atoms with van der Waals surface area (Å²) in [4.78, 5) is 4.92. The van der Waals surface area contributed by atoms with Crippen LogP contribution in [0.1, 0.15) is 32.8 Å². The molecule has 0 saturated heterocycles. The minimum absolute atomic E-state index is 0.341. The fourth-order valence-electron chi connectivity index (χ4n) is 2.27. The fourth-order valence-corrected chi connectivity index (χ4v) is 2.27. The number of phenolic OH excluding ortho intramolecular Hbond substituents is 1. The highest BCUT2D eigenvalue weighted by atomic mass is 16.3.